The highest BCUT2D eigenvalue weighted by molar-refractivity contribution is 6.36. The van der Waals surface area contributed by atoms with E-state index in [2.05, 4.69) is 22.1 Å². The van der Waals surface area contributed by atoms with Crippen LogP contribution in [-0.2, 0) is 0 Å². The molecule has 3 aromatic heterocycles. The molecule has 2 amide bonds. The minimum absolute atomic E-state index is 0.285. The minimum atomic E-state index is -0.427. The first-order valence-corrected chi connectivity index (χ1v) is 16.5. The Labute approximate surface area is 297 Å². The van der Waals surface area contributed by atoms with Crippen molar-refractivity contribution in [3.63, 3.8) is 0 Å². The van der Waals surface area contributed by atoms with E-state index in [0.717, 1.165) is 44.1 Å². The van der Waals surface area contributed by atoms with Gasteiger partial charge in [0.15, 0.2) is 0 Å². The van der Waals surface area contributed by atoms with Crippen molar-refractivity contribution in [3.05, 3.63) is 168 Å². The number of pyridine rings is 2. The normalized spacial score (nSPS) is 12.2. The highest BCUT2D eigenvalue weighted by atomic mass is 16.2. The number of imide groups is 1. The summed E-state index contributed by atoms with van der Waals surface area (Å²) in [7, 11) is 0. The van der Waals surface area contributed by atoms with Gasteiger partial charge in [-0.2, -0.15) is 10.5 Å². The predicted molar refractivity (Wildman–Crippen MR) is 200 cm³/mol. The molecule has 8 aromatic rings. The van der Waals surface area contributed by atoms with E-state index in [1.807, 2.05) is 89.5 Å². The summed E-state index contributed by atoms with van der Waals surface area (Å²) in [5, 5.41) is 21.8. The fourth-order valence-corrected chi connectivity index (χ4v) is 7.35. The maximum atomic E-state index is 14.5. The lowest BCUT2D eigenvalue weighted by atomic mass is 9.93. The van der Waals surface area contributed by atoms with Crippen LogP contribution < -0.4 is 4.90 Å². The summed E-state index contributed by atoms with van der Waals surface area (Å²) >= 11 is 0. The van der Waals surface area contributed by atoms with Crippen molar-refractivity contribution >= 4 is 39.3 Å². The van der Waals surface area contributed by atoms with Crippen LogP contribution >= 0.6 is 0 Å². The van der Waals surface area contributed by atoms with Crippen molar-refractivity contribution in [2.24, 2.45) is 0 Å². The number of carbonyl (C=O) groups is 2. The third kappa shape index (κ3) is 4.53. The zero-order valence-corrected chi connectivity index (χ0v) is 27.4. The van der Waals surface area contributed by atoms with Crippen molar-refractivity contribution < 1.29 is 9.59 Å². The molecule has 0 fully saturated rings. The van der Waals surface area contributed by atoms with Crippen LogP contribution in [-0.4, -0.2) is 26.3 Å². The first kappa shape index (κ1) is 30.4. The molecule has 1 aliphatic heterocycles. The average Bonchev–Trinajstić information content (AvgIpc) is 3.69. The Bertz CT molecular complexity index is 2750. The molecule has 0 aliphatic carbocycles. The van der Waals surface area contributed by atoms with Gasteiger partial charge in [0, 0.05) is 46.7 Å². The zero-order chi connectivity index (χ0) is 35.3. The topological polar surface area (TPSA) is 116 Å². The Balaban J connectivity index is 1.30. The molecular formula is C44H24N6O2. The number of nitrogens with zero attached hydrogens (tertiary/aromatic N) is 6. The molecule has 0 saturated heterocycles. The van der Waals surface area contributed by atoms with Crippen molar-refractivity contribution in [2.45, 2.75) is 0 Å². The number of hydrogen-bond acceptors (Lipinski definition) is 6. The van der Waals surface area contributed by atoms with E-state index in [-0.39, 0.29) is 5.56 Å². The number of aromatic nitrogens is 3. The molecule has 242 valence electrons. The SMILES string of the molecule is N#Cc1ccncc1-c1cccc2c1c1c(-c3cnccc3C#N)cccc1n2-c1cccc2c1C(=O)N(c1ccc(-c3ccccc3)cc1)C2=O. The van der Waals surface area contributed by atoms with Gasteiger partial charge in [-0.3, -0.25) is 19.6 Å². The third-order valence-electron chi connectivity index (χ3n) is 9.65. The number of nitriles is 2. The predicted octanol–water partition coefficient (Wildman–Crippen LogP) is 9.12. The molecule has 0 radical (unpaired) electrons. The van der Waals surface area contributed by atoms with Gasteiger partial charge in [0.05, 0.1) is 56.8 Å². The lowest BCUT2D eigenvalue weighted by molar-refractivity contribution is 0.0926. The van der Waals surface area contributed by atoms with E-state index in [1.54, 1.807) is 61.2 Å². The van der Waals surface area contributed by atoms with E-state index in [0.29, 0.717) is 39.2 Å². The fourth-order valence-electron chi connectivity index (χ4n) is 7.35. The molecule has 9 rings (SSSR count). The molecule has 8 nitrogen and oxygen atoms in total. The van der Waals surface area contributed by atoms with E-state index in [1.165, 1.54) is 4.90 Å². The van der Waals surface area contributed by atoms with Crippen molar-refractivity contribution in [1.29, 1.82) is 10.5 Å². The second-order valence-corrected chi connectivity index (χ2v) is 12.4. The van der Waals surface area contributed by atoms with Crippen LogP contribution in [0.4, 0.5) is 5.69 Å². The number of rotatable bonds is 5. The molecule has 0 unspecified atom stereocenters. The first-order chi connectivity index (χ1) is 25.6. The van der Waals surface area contributed by atoms with Gasteiger partial charge >= 0.3 is 0 Å². The van der Waals surface area contributed by atoms with Crippen molar-refractivity contribution in [2.75, 3.05) is 4.90 Å². The molecule has 52 heavy (non-hydrogen) atoms. The van der Waals surface area contributed by atoms with Crippen LogP contribution in [0.3, 0.4) is 0 Å². The molecule has 4 heterocycles. The molecular weight excluding hydrogens is 645 g/mol. The first-order valence-electron chi connectivity index (χ1n) is 16.5. The maximum Gasteiger partial charge on any atom is 0.268 e. The number of hydrogen-bond donors (Lipinski definition) is 0. The number of fused-ring (bicyclic) bond motifs is 4. The Morgan fingerprint density at radius 3 is 1.62 bits per heavy atom. The lowest BCUT2D eigenvalue weighted by Crippen LogP contribution is -2.29. The van der Waals surface area contributed by atoms with Gasteiger partial charge in [-0.15, -0.1) is 0 Å². The molecule has 5 aromatic carbocycles. The van der Waals surface area contributed by atoms with Crippen molar-refractivity contribution in [3.8, 4) is 51.2 Å². The number of amides is 2. The van der Waals surface area contributed by atoms with Gasteiger partial charge in [0.25, 0.3) is 11.8 Å². The number of benzene rings is 5. The second-order valence-electron chi connectivity index (χ2n) is 12.4. The van der Waals surface area contributed by atoms with Crippen LogP contribution in [0.2, 0.25) is 0 Å². The highest BCUT2D eigenvalue weighted by Gasteiger charge is 2.39. The minimum Gasteiger partial charge on any atom is -0.308 e. The fraction of sp³-hybridized carbons (Fsp3) is 0. The molecule has 0 bridgehead atoms. The highest BCUT2D eigenvalue weighted by Crippen LogP contribution is 2.45. The van der Waals surface area contributed by atoms with Gasteiger partial charge in [0.1, 0.15) is 0 Å². The summed E-state index contributed by atoms with van der Waals surface area (Å²) in [5.41, 5.74) is 8.81. The van der Waals surface area contributed by atoms with E-state index in [4.69, 9.17) is 0 Å². The Kier molecular flexibility index (Phi) is 7.03. The van der Waals surface area contributed by atoms with Crippen LogP contribution in [0, 0.1) is 22.7 Å². The van der Waals surface area contributed by atoms with E-state index < -0.39 is 11.8 Å². The second kappa shape index (κ2) is 12.0. The van der Waals surface area contributed by atoms with E-state index in [9.17, 15) is 20.1 Å². The smallest absolute Gasteiger partial charge is 0.268 e. The van der Waals surface area contributed by atoms with Crippen LogP contribution in [0.1, 0.15) is 31.8 Å². The van der Waals surface area contributed by atoms with E-state index >= 15 is 0 Å². The molecule has 0 N–H and O–H groups in total. The monoisotopic (exact) mass is 668 g/mol. The quantitative estimate of drug-likeness (QED) is 0.169. The van der Waals surface area contributed by atoms with Crippen LogP contribution in [0.15, 0.2) is 146 Å². The van der Waals surface area contributed by atoms with Gasteiger partial charge < -0.3 is 4.57 Å². The van der Waals surface area contributed by atoms with Crippen LogP contribution in [0.25, 0.3) is 60.9 Å². The summed E-state index contributed by atoms with van der Waals surface area (Å²) in [6.45, 7) is 0. The lowest BCUT2D eigenvalue weighted by Gasteiger charge is -2.15. The average molecular weight is 669 g/mol. The Hall–Kier alpha value is -7.68. The molecule has 8 heteroatoms. The summed E-state index contributed by atoms with van der Waals surface area (Å²) < 4.78 is 1.99. The Morgan fingerprint density at radius 2 is 1.04 bits per heavy atom. The van der Waals surface area contributed by atoms with Crippen molar-refractivity contribution in [1.82, 2.24) is 14.5 Å². The molecule has 1 aliphatic rings. The van der Waals surface area contributed by atoms with Gasteiger partial charge in [-0.25, -0.2) is 4.90 Å². The molecule has 0 saturated carbocycles. The molecule has 0 atom stereocenters. The van der Waals surface area contributed by atoms with Gasteiger partial charge in [0.2, 0.25) is 0 Å². The summed E-state index contributed by atoms with van der Waals surface area (Å²) in [5.74, 6) is -0.831. The number of carbonyl (C=O) groups excluding carboxylic acids is 2. The maximum absolute atomic E-state index is 14.5. The number of anilines is 1. The largest absolute Gasteiger partial charge is 0.308 e. The third-order valence-corrected chi connectivity index (χ3v) is 9.65. The van der Waals surface area contributed by atoms with Gasteiger partial charge in [-0.05, 0) is 70.8 Å². The summed E-state index contributed by atoms with van der Waals surface area (Å²) in [6.07, 6.45) is 6.52. The standard InChI is InChI=1S/C44H24N6O2/c45-23-29-19-21-47-25-35(29)32-9-4-12-37-40(32)41-33(36-26-48-22-20-30(36)24-46)10-5-13-38(41)50(37)39-14-6-11-34-42(39)44(52)49(43(34)51)31-17-15-28(16-18-31)27-7-2-1-3-8-27/h1-22,25-26H. The summed E-state index contributed by atoms with van der Waals surface area (Å²) in [6, 6.07) is 42.2. The Morgan fingerprint density at radius 1 is 0.500 bits per heavy atom. The summed E-state index contributed by atoms with van der Waals surface area (Å²) in [4.78, 5) is 38.5. The molecule has 0 spiro atoms. The zero-order valence-electron chi connectivity index (χ0n) is 27.4. The van der Waals surface area contributed by atoms with Gasteiger partial charge in [-0.1, -0.05) is 72.8 Å². The van der Waals surface area contributed by atoms with Crippen LogP contribution in [0.5, 0.6) is 0 Å².